The van der Waals surface area contributed by atoms with Gasteiger partial charge in [0.25, 0.3) is 0 Å². The Morgan fingerprint density at radius 1 is 0.756 bits per heavy atom. The van der Waals surface area contributed by atoms with Crippen LogP contribution in [0, 0.1) is 0 Å². The molecule has 0 atom stereocenters. The molecule has 0 aliphatic heterocycles. The van der Waals surface area contributed by atoms with Gasteiger partial charge in [0.2, 0.25) is 5.91 Å². The predicted molar refractivity (Wildman–Crippen MR) is 161 cm³/mol. The minimum atomic E-state index is -0.508. The van der Waals surface area contributed by atoms with E-state index in [4.69, 9.17) is 24.7 Å². The third-order valence-electron chi connectivity index (χ3n) is 7.06. The van der Waals surface area contributed by atoms with Crippen LogP contribution < -0.4 is 24.7 Å². The Hall–Kier alpha value is -4.49. The number of amides is 1. The maximum atomic E-state index is 11.5. The van der Waals surface area contributed by atoms with Gasteiger partial charge in [0.15, 0.2) is 11.5 Å². The molecule has 1 amide bonds. The van der Waals surface area contributed by atoms with Gasteiger partial charge in [-0.1, -0.05) is 66.7 Å². The first-order chi connectivity index (χ1) is 20.0. The minimum absolute atomic E-state index is 0.184. The molecule has 0 spiro atoms. The van der Waals surface area contributed by atoms with E-state index in [1.807, 2.05) is 24.3 Å². The number of hydrogen-bond donors (Lipinski definition) is 1. The number of carbonyl (C=O) groups is 1. The zero-order valence-electron chi connectivity index (χ0n) is 23.9. The van der Waals surface area contributed by atoms with Gasteiger partial charge in [0, 0.05) is 42.7 Å². The molecule has 0 saturated carbocycles. The van der Waals surface area contributed by atoms with Gasteiger partial charge < -0.3 is 24.7 Å². The number of ether oxygens (including phenoxy) is 4. The van der Waals surface area contributed by atoms with Crippen LogP contribution >= 0.6 is 0 Å². The highest BCUT2D eigenvalue weighted by atomic mass is 16.5. The van der Waals surface area contributed by atoms with Crippen molar-refractivity contribution in [3.63, 3.8) is 0 Å². The molecule has 0 aromatic heterocycles. The van der Waals surface area contributed by atoms with E-state index in [-0.39, 0.29) is 5.92 Å². The lowest BCUT2D eigenvalue weighted by molar-refractivity contribution is 0.1000. The zero-order valence-corrected chi connectivity index (χ0v) is 23.9. The maximum absolute atomic E-state index is 11.5. The van der Waals surface area contributed by atoms with Crippen LogP contribution in [0.2, 0.25) is 0 Å². The summed E-state index contributed by atoms with van der Waals surface area (Å²) in [5, 5.41) is 0. The zero-order chi connectivity index (χ0) is 29.0. The van der Waals surface area contributed by atoms with Crippen molar-refractivity contribution in [1.82, 2.24) is 4.90 Å². The van der Waals surface area contributed by atoms with Gasteiger partial charge in [-0.15, -0.1) is 0 Å². The van der Waals surface area contributed by atoms with Crippen molar-refractivity contribution < 1.29 is 23.7 Å². The number of nitrogens with two attached hydrogens (primary N) is 1. The monoisotopic (exact) mass is 554 g/mol. The first-order valence-electron chi connectivity index (χ1n) is 13.7. The average Bonchev–Trinajstić information content (AvgIpc) is 3.02. The van der Waals surface area contributed by atoms with Gasteiger partial charge in [-0.2, -0.15) is 0 Å². The van der Waals surface area contributed by atoms with Gasteiger partial charge in [0.1, 0.15) is 11.5 Å². The Kier molecular flexibility index (Phi) is 10.6. The summed E-state index contributed by atoms with van der Waals surface area (Å²) >= 11 is 0. The van der Waals surface area contributed by atoms with Gasteiger partial charge in [-0.25, -0.2) is 0 Å². The topological polar surface area (TPSA) is 83.2 Å². The number of methoxy groups -OCH3 is 3. The van der Waals surface area contributed by atoms with Crippen LogP contribution in [0.15, 0.2) is 97.1 Å². The molecule has 0 saturated heterocycles. The largest absolute Gasteiger partial charge is 0.497 e. The number of benzene rings is 4. The van der Waals surface area contributed by atoms with E-state index >= 15 is 0 Å². The molecule has 4 aromatic carbocycles. The van der Waals surface area contributed by atoms with Crippen molar-refractivity contribution in [2.75, 3.05) is 41.0 Å². The maximum Gasteiger partial charge on any atom is 0.248 e. The molecular formula is C34H38N2O5. The molecular weight excluding hydrogens is 516 g/mol. The molecule has 0 fully saturated rings. The van der Waals surface area contributed by atoms with Crippen LogP contribution in [0.5, 0.6) is 23.0 Å². The Bertz CT molecular complexity index is 1360. The molecule has 0 aliphatic carbocycles. The van der Waals surface area contributed by atoms with E-state index in [2.05, 4.69) is 59.5 Å². The standard InChI is InChI=1S/C34H38N2O5/c1-38-29-17-15-28(32(22-29)39-2)23-36(19-10-20-41-31-18-16-27(34(35)37)21-33(31)40-3)24-30(25-11-6-4-7-12-25)26-13-8-5-9-14-26/h4-9,11-18,21-22,30H,10,19-20,23-24H2,1-3H3,(H2,35,37). The predicted octanol–water partition coefficient (Wildman–Crippen LogP) is 5.91. The minimum Gasteiger partial charge on any atom is -0.497 e. The van der Waals surface area contributed by atoms with Gasteiger partial charge in [0.05, 0.1) is 27.9 Å². The van der Waals surface area contributed by atoms with E-state index in [0.29, 0.717) is 30.2 Å². The van der Waals surface area contributed by atoms with Gasteiger partial charge >= 0.3 is 0 Å². The van der Waals surface area contributed by atoms with E-state index in [1.54, 1.807) is 39.5 Å². The molecule has 7 nitrogen and oxygen atoms in total. The summed E-state index contributed by atoms with van der Waals surface area (Å²) in [5.74, 6) is 2.28. The van der Waals surface area contributed by atoms with Crippen molar-refractivity contribution in [3.8, 4) is 23.0 Å². The molecule has 7 heteroatoms. The van der Waals surface area contributed by atoms with Crippen molar-refractivity contribution >= 4 is 5.91 Å². The Balaban J connectivity index is 1.54. The third-order valence-corrected chi connectivity index (χ3v) is 7.06. The number of nitrogens with zero attached hydrogens (tertiary/aromatic N) is 1. The van der Waals surface area contributed by atoms with Crippen LogP contribution in [0.1, 0.15) is 39.4 Å². The lowest BCUT2D eigenvalue weighted by atomic mass is 9.90. The Morgan fingerprint density at radius 3 is 2.00 bits per heavy atom. The molecule has 214 valence electrons. The molecule has 2 N–H and O–H groups in total. The quantitative estimate of drug-likeness (QED) is 0.184. The first-order valence-corrected chi connectivity index (χ1v) is 13.7. The van der Waals surface area contributed by atoms with E-state index in [1.165, 1.54) is 11.1 Å². The number of primary amides is 1. The molecule has 0 heterocycles. The molecule has 0 aliphatic rings. The number of hydrogen-bond acceptors (Lipinski definition) is 6. The fraction of sp³-hybridized carbons (Fsp3) is 0.265. The van der Waals surface area contributed by atoms with E-state index in [0.717, 1.165) is 36.6 Å². The summed E-state index contributed by atoms with van der Waals surface area (Å²) in [6, 6.07) is 32.1. The highest BCUT2D eigenvalue weighted by Crippen LogP contribution is 2.30. The summed E-state index contributed by atoms with van der Waals surface area (Å²) in [6.45, 7) is 2.76. The third kappa shape index (κ3) is 8.02. The lowest BCUT2D eigenvalue weighted by Crippen LogP contribution is -2.31. The molecule has 4 aromatic rings. The lowest BCUT2D eigenvalue weighted by Gasteiger charge is -2.29. The summed E-state index contributed by atoms with van der Waals surface area (Å²) in [6.07, 6.45) is 0.773. The van der Waals surface area contributed by atoms with Gasteiger partial charge in [-0.3, -0.25) is 9.69 Å². The van der Waals surface area contributed by atoms with Crippen LogP contribution in [0.4, 0.5) is 0 Å². The van der Waals surface area contributed by atoms with E-state index in [9.17, 15) is 4.79 Å². The second kappa shape index (κ2) is 14.8. The summed E-state index contributed by atoms with van der Waals surface area (Å²) in [5.41, 5.74) is 9.40. The summed E-state index contributed by atoms with van der Waals surface area (Å²) < 4.78 is 22.6. The van der Waals surface area contributed by atoms with Crippen LogP contribution in [-0.2, 0) is 6.54 Å². The average molecular weight is 555 g/mol. The molecule has 0 unspecified atom stereocenters. The van der Waals surface area contributed by atoms with E-state index < -0.39 is 5.91 Å². The fourth-order valence-corrected chi connectivity index (χ4v) is 4.90. The van der Waals surface area contributed by atoms with Gasteiger partial charge in [-0.05, 0) is 41.8 Å². The van der Waals surface area contributed by atoms with Crippen molar-refractivity contribution in [2.45, 2.75) is 18.9 Å². The number of rotatable bonds is 15. The highest BCUT2D eigenvalue weighted by Gasteiger charge is 2.20. The Morgan fingerprint density at radius 2 is 1.41 bits per heavy atom. The SMILES string of the molecule is COc1ccc(CN(CCCOc2ccc(C(N)=O)cc2OC)CC(c2ccccc2)c2ccccc2)c(OC)c1. The molecule has 4 rings (SSSR count). The molecule has 0 bridgehead atoms. The normalized spacial score (nSPS) is 11.0. The second-order valence-electron chi connectivity index (χ2n) is 9.72. The smallest absolute Gasteiger partial charge is 0.248 e. The van der Waals surface area contributed by atoms with Crippen LogP contribution in [0.25, 0.3) is 0 Å². The summed E-state index contributed by atoms with van der Waals surface area (Å²) in [4.78, 5) is 14.0. The first kappa shape index (κ1) is 29.5. The van der Waals surface area contributed by atoms with Crippen LogP contribution in [-0.4, -0.2) is 51.8 Å². The highest BCUT2D eigenvalue weighted by molar-refractivity contribution is 5.93. The molecule has 41 heavy (non-hydrogen) atoms. The van der Waals surface area contributed by atoms with Crippen molar-refractivity contribution in [1.29, 1.82) is 0 Å². The molecule has 0 radical (unpaired) electrons. The van der Waals surface area contributed by atoms with Crippen molar-refractivity contribution in [2.24, 2.45) is 5.73 Å². The van der Waals surface area contributed by atoms with Crippen molar-refractivity contribution in [3.05, 3.63) is 119 Å². The fourth-order valence-electron chi connectivity index (χ4n) is 4.90. The van der Waals surface area contributed by atoms with Crippen LogP contribution in [0.3, 0.4) is 0 Å². The summed E-state index contributed by atoms with van der Waals surface area (Å²) in [7, 11) is 4.88. The number of carbonyl (C=O) groups excluding carboxylic acids is 1. The second-order valence-corrected chi connectivity index (χ2v) is 9.72. The Labute approximate surface area is 242 Å².